The van der Waals surface area contributed by atoms with Crippen molar-refractivity contribution in [2.75, 3.05) is 0 Å². The number of hydrogen-bond donors (Lipinski definition) is 0. The van der Waals surface area contributed by atoms with Crippen LogP contribution in [0.1, 0.15) is 24.0 Å². The van der Waals surface area contributed by atoms with Crippen molar-refractivity contribution in [3.63, 3.8) is 0 Å². The Bertz CT molecular complexity index is 977. The molecule has 3 aromatic carbocycles. The van der Waals surface area contributed by atoms with E-state index in [-0.39, 0.29) is 0 Å². The smallest absolute Gasteiger partial charge is 0.00971 e. The van der Waals surface area contributed by atoms with Crippen molar-refractivity contribution in [2.24, 2.45) is 0 Å². The summed E-state index contributed by atoms with van der Waals surface area (Å²) in [4.78, 5) is 0. The molecule has 4 aromatic rings. The van der Waals surface area contributed by atoms with Crippen LogP contribution in [0, 0.1) is 0 Å². The average molecular weight is 366 g/mol. The molecule has 27 heavy (non-hydrogen) atoms. The largest absolute Gasteiger partial charge is 0.0767 e. The highest BCUT2D eigenvalue weighted by molar-refractivity contribution is 7.63. The van der Waals surface area contributed by atoms with E-state index in [9.17, 15) is 0 Å². The molecule has 1 aliphatic carbocycles. The van der Waals surface area contributed by atoms with Crippen molar-refractivity contribution < 1.29 is 0 Å². The quantitative estimate of drug-likeness (QED) is 0.346. The van der Waals surface area contributed by atoms with Crippen LogP contribution in [0.4, 0.5) is 0 Å². The Hall–Kier alpha value is -2.56. The molecular weight excluding hydrogens is 343 g/mol. The second-order valence-electron chi connectivity index (χ2n) is 7.26. The van der Waals surface area contributed by atoms with Crippen molar-refractivity contribution >= 4 is 7.53 Å². The van der Waals surface area contributed by atoms with Gasteiger partial charge in [0.15, 0.2) is 0 Å². The van der Waals surface area contributed by atoms with E-state index in [2.05, 4.69) is 91.0 Å². The van der Waals surface area contributed by atoms with Crippen LogP contribution in [0.15, 0.2) is 91.0 Å². The number of hydrogen-bond acceptors (Lipinski definition) is 0. The van der Waals surface area contributed by atoms with E-state index in [1.807, 2.05) is 0 Å². The van der Waals surface area contributed by atoms with Crippen LogP contribution in [0.5, 0.6) is 0 Å². The maximum absolute atomic E-state index is 2.33. The van der Waals surface area contributed by atoms with Gasteiger partial charge < -0.3 is 0 Å². The summed E-state index contributed by atoms with van der Waals surface area (Å²) in [5, 5.41) is 4.68. The molecule has 1 aliphatic rings. The Morgan fingerprint density at radius 1 is 0.481 bits per heavy atom. The molecule has 1 heterocycles. The topological polar surface area (TPSA) is 0 Å². The maximum atomic E-state index is 2.33. The van der Waals surface area contributed by atoms with Gasteiger partial charge in [-0.3, -0.25) is 0 Å². The first-order valence-electron chi connectivity index (χ1n) is 9.86. The molecule has 0 amide bonds. The minimum atomic E-state index is -0.511. The number of fused-ring (bicyclic) bond motifs is 1. The predicted molar refractivity (Wildman–Crippen MR) is 118 cm³/mol. The van der Waals surface area contributed by atoms with Crippen LogP contribution < -0.4 is 0 Å². The van der Waals surface area contributed by atoms with Gasteiger partial charge in [0.1, 0.15) is 0 Å². The van der Waals surface area contributed by atoms with Gasteiger partial charge in [0.2, 0.25) is 0 Å². The Labute approximate surface area is 162 Å². The van der Waals surface area contributed by atoms with Gasteiger partial charge >= 0.3 is 0 Å². The summed E-state index contributed by atoms with van der Waals surface area (Å²) in [5.74, 6) is 0. The van der Waals surface area contributed by atoms with Crippen LogP contribution in [0.25, 0.3) is 27.0 Å². The molecule has 0 nitrogen and oxygen atoms in total. The summed E-state index contributed by atoms with van der Waals surface area (Å²) >= 11 is 0. The van der Waals surface area contributed by atoms with Crippen molar-refractivity contribution in [1.82, 2.24) is 0 Å². The number of benzene rings is 3. The van der Waals surface area contributed by atoms with E-state index >= 15 is 0 Å². The molecule has 0 aliphatic heterocycles. The van der Waals surface area contributed by atoms with Crippen molar-refractivity contribution in [3.8, 4) is 27.0 Å². The Kier molecular flexibility index (Phi) is 4.44. The zero-order chi connectivity index (χ0) is 18.1. The zero-order valence-electron chi connectivity index (χ0n) is 15.4. The van der Waals surface area contributed by atoms with E-state index in [1.54, 1.807) is 21.7 Å². The van der Waals surface area contributed by atoms with Crippen LogP contribution in [0.2, 0.25) is 0 Å². The van der Waals surface area contributed by atoms with Gasteiger partial charge in [-0.05, 0) is 53.2 Å². The lowest BCUT2D eigenvalue weighted by Gasteiger charge is -2.15. The molecule has 5 rings (SSSR count). The van der Waals surface area contributed by atoms with Gasteiger partial charge in [0, 0.05) is 10.6 Å². The van der Waals surface area contributed by atoms with Crippen LogP contribution in [-0.4, -0.2) is 0 Å². The minimum Gasteiger partial charge on any atom is -0.0767 e. The summed E-state index contributed by atoms with van der Waals surface area (Å²) < 4.78 is 0. The summed E-state index contributed by atoms with van der Waals surface area (Å²) in [6.45, 7) is 0. The normalized spacial score (nSPS) is 13.3. The predicted octanol–water partition coefficient (Wildman–Crippen LogP) is 7.88. The van der Waals surface area contributed by atoms with E-state index in [0.717, 1.165) is 0 Å². The van der Waals surface area contributed by atoms with Crippen molar-refractivity contribution in [1.29, 1.82) is 0 Å². The molecule has 0 saturated carbocycles. The van der Waals surface area contributed by atoms with Crippen LogP contribution >= 0.6 is 7.53 Å². The average Bonchev–Trinajstić information content (AvgIpc) is 3.11. The van der Waals surface area contributed by atoms with E-state index < -0.39 is 7.53 Å². The Morgan fingerprint density at radius 3 is 1.33 bits per heavy atom. The number of rotatable bonds is 3. The molecule has 1 heteroatoms. The lowest BCUT2D eigenvalue weighted by Crippen LogP contribution is -2.01. The third-order valence-corrected chi connectivity index (χ3v) is 8.36. The molecule has 132 valence electrons. The summed E-state index contributed by atoms with van der Waals surface area (Å²) in [5.41, 5.74) is 6.10. The first kappa shape index (κ1) is 16.6. The van der Waals surface area contributed by atoms with Gasteiger partial charge in [-0.1, -0.05) is 98.5 Å². The molecule has 0 fully saturated rings. The summed E-state index contributed by atoms with van der Waals surface area (Å²) in [7, 11) is -0.511. The monoisotopic (exact) mass is 366 g/mol. The second kappa shape index (κ2) is 7.22. The molecule has 0 unspecified atom stereocenters. The fraction of sp³-hybridized carbons (Fsp3) is 0.154. The van der Waals surface area contributed by atoms with Gasteiger partial charge in [-0.15, -0.1) is 0 Å². The molecule has 0 radical (unpaired) electrons. The fourth-order valence-electron chi connectivity index (χ4n) is 4.44. The fourth-order valence-corrected chi connectivity index (χ4v) is 7.50. The van der Waals surface area contributed by atoms with E-state index in [4.69, 9.17) is 0 Å². The van der Waals surface area contributed by atoms with Crippen molar-refractivity contribution in [3.05, 3.63) is 102 Å². The van der Waals surface area contributed by atoms with E-state index in [1.165, 1.54) is 42.1 Å². The van der Waals surface area contributed by atoms with Gasteiger partial charge in [0.25, 0.3) is 0 Å². The molecule has 0 saturated heterocycles. The van der Waals surface area contributed by atoms with Crippen LogP contribution in [-0.2, 0) is 12.8 Å². The third-order valence-electron chi connectivity index (χ3n) is 5.60. The lowest BCUT2D eigenvalue weighted by atomic mass is 9.89. The third kappa shape index (κ3) is 2.95. The molecule has 0 spiro atoms. The van der Waals surface area contributed by atoms with Gasteiger partial charge in [-0.2, -0.15) is 0 Å². The first-order valence-corrected chi connectivity index (χ1v) is 11.2. The molecule has 0 bridgehead atoms. The Morgan fingerprint density at radius 2 is 0.889 bits per heavy atom. The molecule has 1 aromatic heterocycles. The first-order chi connectivity index (χ1) is 13.4. The highest BCUT2D eigenvalue weighted by atomic mass is 31.1. The van der Waals surface area contributed by atoms with Crippen molar-refractivity contribution in [2.45, 2.75) is 25.7 Å². The highest BCUT2D eigenvalue weighted by Gasteiger charge is 2.27. The SMILES string of the molecule is c1ccc(-c2c3c(c(-c4ccccc4)p2-c2ccccc2)CCCC3)cc1. The molecule has 0 atom stereocenters. The van der Waals surface area contributed by atoms with Crippen LogP contribution in [0.3, 0.4) is 0 Å². The van der Waals surface area contributed by atoms with Gasteiger partial charge in [0.05, 0.1) is 0 Å². The molecule has 0 N–H and O–H groups in total. The summed E-state index contributed by atoms with van der Waals surface area (Å²) in [6, 6.07) is 33.4. The zero-order valence-corrected chi connectivity index (χ0v) is 16.3. The highest BCUT2D eigenvalue weighted by Crippen LogP contribution is 2.61. The second-order valence-corrected chi connectivity index (χ2v) is 9.35. The standard InChI is InChI=1S/C26H23P/c1-4-12-20(13-5-1)25-23-18-10-11-19-24(23)26(21-14-6-2-7-15-21)27(25)22-16-8-3-9-17-22/h1-9,12-17H,10-11,18-19H2. The molecular formula is C26H23P. The minimum absolute atomic E-state index is 0.511. The lowest BCUT2D eigenvalue weighted by molar-refractivity contribution is 0.692. The maximum Gasteiger partial charge on any atom is 0.00971 e. The van der Waals surface area contributed by atoms with E-state index in [0.29, 0.717) is 0 Å². The van der Waals surface area contributed by atoms with Gasteiger partial charge in [-0.25, -0.2) is 0 Å². The Balaban J connectivity index is 1.89. The summed E-state index contributed by atoms with van der Waals surface area (Å²) in [6.07, 6.45) is 5.08.